The largest absolute Gasteiger partial charge is 0.360 e. The molecule has 0 radical (unpaired) electrons. The number of rotatable bonds is 3. The van der Waals surface area contributed by atoms with E-state index in [9.17, 15) is 4.79 Å². The van der Waals surface area contributed by atoms with Crippen LogP contribution in [0.15, 0.2) is 18.2 Å². The molecule has 2 aliphatic heterocycles. The van der Waals surface area contributed by atoms with Crippen LogP contribution in [-0.4, -0.2) is 56.1 Å². The summed E-state index contributed by atoms with van der Waals surface area (Å²) in [6.07, 6.45) is 1.24. The Labute approximate surface area is 163 Å². The molecule has 3 rings (SSSR count). The van der Waals surface area contributed by atoms with Crippen molar-refractivity contribution in [2.75, 3.05) is 44.2 Å². The van der Waals surface area contributed by atoms with Crippen molar-refractivity contribution in [1.29, 1.82) is 0 Å². The molecule has 4 nitrogen and oxygen atoms in total. The van der Waals surface area contributed by atoms with Crippen molar-refractivity contribution in [3.05, 3.63) is 28.8 Å². The lowest BCUT2D eigenvalue weighted by molar-refractivity contribution is -0.915. The third-order valence-electron chi connectivity index (χ3n) is 6.08. The number of hydrogen-bond acceptors (Lipinski definition) is 2. The number of likely N-dealkylation sites (tertiary alicyclic amines) is 1. The number of anilines is 1. The third-order valence-corrected chi connectivity index (χ3v) is 6.32. The maximum absolute atomic E-state index is 13.0. The molecule has 0 spiro atoms. The Kier molecular flexibility index (Phi) is 6.13. The lowest BCUT2D eigenvalue weighted by Crippen LogP contribution is -3.19. The van der Waals surface area contributed by atoms with Gasteiger partial charge in [0, 0.05) is 23.8 Å². The fourth-order valence-electron chi connectivity index (χ4n) is 4.68. The molecule has 0 saturated carbocycles. The zero-order valence-electron chi connectivity index (χ0n) is 16.6. The maximum atomic E-state index is 13.0. The Morgan fingerprint density at radius 1 is 1.19 bits per heavy atom. The van der Waals surface area contributed by atoms with Crippen LogP contribution in [0.25, 0.3) is 0 Å². The second kappa shape index (κ2) is 8.18. The normalized spacial score (nSPS) is 26.0. The summed E-state index contributed by atoms with van der Waals surface area (Å²) in [4.78, 5) is 19.0. The number of hydrogen-bond donors (Lipinski definition) is 1. The number of aryl methyl sites for hydroxylation is 1. The van der Waals surface area contributed by atoms with Crippen LogP contribution in [0.3, 0.4) is 0 Å². The van der Waals surface area contributed by atoms with E-state index in [2.05, 4.69) is 49.6 Å². The van der Waals surface area contributed by atoms with Gasteiger partial charge in [-0.25, -0.2) is 0 Å². The van der Waals surface area contributed by atoms with E-state index in [1.807, 2.05) is 6.07 Å². The zero-order valence-corrected chi connectivity index (χ0v) is 17.4. The van der Waals surface area contributed by atoms with Crippen LogP contribution in [0.1, 0.15) is 32.8 Å². The van der Waals surface area contributed by atoms with Crippen molar-refractivity contribution in [3.63, 3.8) is 0 Å². The minimum absolute atomic E-state index is 0.0510. The van der Waals surface area contributed by atoms with E-state index < -0.39 is 0 Å². The molecule has 2 aliphatic rings. The van der Waals surface area contributed by atoms with Gasteiger partial charge in [0.05, 0.1) is 26.2 Å². The molecule has 1 aromatic carbocycles. The third kappa shape index (κ3) is 4.34. The summed E-state index contributed by atoms with van der Waals surface area (Å²) in [7, 11) is 0. The average Bonchev–Trinajstić information content (AvgIpc) is 2.62. The molecular weight excluding hydrogens is 346 g/mol. The Hall–Kier alpha value is -1.26. The molecule has 0 aromatic heterocycles. The van der Waals surface area contributed by atoms with Crippen molar-refractivity contribution in [2.45, 2.75) is 40.2 Å². The van der Waals surface area contributed by atoms with E-state index in [1.54, 1.807) is 0 Å². The van der Waals surface area contributed by atoms with Gasteiger partial charge in [-0.05, 0) is 49.8 Å². The minimum atomic E-state index is 0.0510. The van der Waals surface area contributed by atoms with Gasteiger partial charge in [0.15, 0.2) is 6.04 Å². The molecule has 0 aliphatic carbocycles. The Bertz CT molecular complexity index is 632. The van der Waals surface area contributed by atoms with E-state index in [1.165, 1.54) is 22.6 Å². The first-order valence-corrected chi connectivity index (χ1v) is 10.4. The topological polar surface area (TPSA) is 28.0 Å². The van der Waals surface area contributed by atoms with Gasteiger partial charge in [-0.2, -0.15) is 0 Å². The standard InChI is InChI=1S/C21H32ClN3O/c1-15-11-16(2)14-25(13-15)21(26)18(4)23-7-9-24(10-8-23)20-12-19(22)6-5-17(20)3/h5-6,12,15-16,18H,7-11,13-14H2,1-4H3/p+1/t15-,16-,18-/m0/s1. The quantitative estimate of drug-likeness (QED) is 0.873. The number of quaternary nitrogens is 1. The number of nitrogens with one attached hydrogen (secondary N) is 1. The molecule has 26 heavy (non-hydrogen) atoms. The van der Waals surface area contributed by atoms with Gasteiger partial charge in [-0.15, -0.1) is 0 Å². The number of amides is 1. The van der Waals surface area contributed by atoms with Crippen molar-refractivity contribution in [3.8, 4) is 0 Å². The van der Waals surface area contributed by atoms with Crippen molar-refractivity contribution >= 4 is 23.2 Å². The van der Waals surface area contributed by atoms with Gasteiger partial charge >= 0.3 is 0 Å². The Morgan fingerprint density at radius 3 is 2.42 bits per heavy atom. The molecule has 3 atom stereocenters. The highest BCUT2D eigenvalue weighted by Gasteiger charge is 2.35. The van der Waals surface area contributed by atoms with Crippen LogP contribution in [0.5, 0.6) is 0 Å². The van der Waals surface area contributed by atoms with Crippen molar-refractivity contribution in [2.24, 2.45) is 11.8 Å². The van der Waals surface area contributed by atoms with Crippen LogP contribution in [0.4, 0.5) is 5.69 Å². The van der Waals surface area contributed by atoms with E-state index >= 15 is 0 Å². The summed E-state index contributed by atoms with van der Waals surface area (Å²) < 4.78 is 0. The summed E-state index contributed by atoms with van der Waals surface area (Å²) in [6.45, 7) is 14.6. The second-order valence-corrected chi connectivity index (χ2v) is 8.92. The highest BCUT2D eigenvalue weighted by Crippen LogP contribution is 2.24. The van der Waals surface area contributed by atoms with Crippen LogP contribution in [-0.2, 0) is 4.79 Å². The van der Waals surface area contributed by atoms with Gasteiger partial charge < -0.3 is 14.7 Å². The maximum Gasteiger partial charge on any atom is 0.280 e. The molecule has 0 unspecified atom stereocenters. The highest BCUT2D eigenvalue weighted by molar-refractivity contribution is 6.30. The number of nitrogens with zero attached hydrogens (tertiary/aromatic N) is 2. The summed E-state index contributed by atoms with van der Waals surface area (Å²) >= 11 is 6.18. The Balaban J connectivity index is 1.58. The second-order valence-electron chi connectivity index (χ2n) is 8.49. The first-order chi connectivity index (χ1) is 12.3. The van der Waals surface area contributed by atoms with Gasteiger partial charge in [-0.1, -0.05) is 31.5 Å². The lowest BCUT2D eigenvalue weighted by atomic mass is 9.91. The van der Waals surface area contributed by atoms with Crippen LogP contribution in [0, 0.1) is 18.8 Å². The molecule has 0 bridgehead atoms. The number of piperazine rings is 1. The summed E-state index contributed by atoms with van der Waals surface area (Å²) in [5.41, 5.74) is 2.49. The predicted octanol–water partition coefficient (Wildman–Crippen LogP) is 2.25. The summed E-state index contributed by atoms with van der Waals surface area (Å²) in [5, 5.41) is 0.789. The van der Waals surface area contributed by atoms with Crippen LogP contribution in [0.2, 0.25) is 5.02 Å². The molecule has 144 valence electrons. The van der Waals surface area contributed by atoms with E-state index in [0.717, 1.165) is 44.3 Å². The van der Waals surface area contributed by atoms with E-state index in [4.69, 9.17) is 11.6 Å². The number of carbonyl (C=O) groups excluding carboxylic acids is 1. The zero-order chi connectivity index (χ0) is 18.8. The molecule has 5 heteroatoms. The molecule has 1 aromatic rings. The summed E-state index contributed by atoms with van der Waals surface area (Å²) in [5.74, 6) is 1.57. The van der Waals surface area contributed by atoms with Crippen LogP contribution >= 0.6 is 11.6 Å². The molecular formula is C21H33ClN3O+. The number of benzene rings is 1. The van der Waals surface area contributed by atoms with Gasteiger partial charge in [0.2, 0.25) is 0 Å². The van der Waals surface area contributed by atoms with Gasteiger partial charge in [0.1, 0.15) is 0 Å². The number of halogens is 1. The van der Waals surface area contributed by atoms with Crippen molar-refractivity contribution in [1.82, 2.24) is 4.90 Å². The average molecular weight is 379 g/mol. The van der Waals surface area contributed by atoms with Crippen molar-refractivity contribution < 1.29 is 9.69 Å². The predicted molar refractivity (Wildman–Crippen MR) is 108 cm³/mol. The molecule has 1 N–H and O–H groups in total. The van der Waals surface area contributed by atoms with E-state index in [-0.39, 0.29) is 6.04 Å². The fourth-order valence-corrected chi connectivity index (χ4v) is 4.85. The number of piperidine rings is 1. The monoisotopic (exact) mass is 378 g/mol. The number of carbonyl (C=O) groups is 1. The lowest BCUT2D eigenvalue weighted by Gasteiger charge is -2.40. The first-order valence-electron chi connectivity index (χ1n) is 9.99. The molecule has 2 saturated heterocycles. The summed E-state index contributed by atoms with van der Waals surface area (Å²) in [6, 6.07) is 6.15. The smallest absolute Gasteiger partial charge is 0.280 e. The molecule has 2 fully saturated rings. The SMILES string of the molecule is Cc1ccc(Cl)cc1N1CC[NH+]([C@@H](C)C(=O)N2C[C@@H](C)C[C@H](C)C2)CC1. The van der Waals surface area contributed by atoms with E-state index in [0.29, 0.717) is 17.7 Å². The first kappa shape index (κ1) is 19.5. The van der Waals surface area contributed by atoms with Crippen LogP contribution < -0.4 is 9.80 Å². The molecule has 2 heterocycles. The fraction of sp³-hybridized carbons (Fsp3) is 0.667. The highest BCUT2D eigenvalue weighted by atomic mass is 35.5. The minimum Gasteiger partial charge on any atom is -0.360 e. The Morgan fingerprint density at radius 2 is 1.81 bits per heavy atom. The molecule has 1 amide bonds. The van der Waals surface area contributed by atoms with Gasteiger partial charge in [-0.3, -0.25) is 4.79 Å². The van der Waals surface area contributed by atoms with Gasteiger partial charge in [0.25, 0.3) is 5.91 Å².